The van der Waals surface area contributed by atoms with E-state index in [-0.39, 0.29) is 12.0 Å². The molecule has 1 atom stereocenters. The van der Waals surface area contributed by atoms with E-state index in [2.05, 4.69) is 29.3 Å². The van der Waals surface area contributed by atoms with E-state index >= 15 is 0 Å². The molecule has 2 N–H and O–H groups in total. The van der Waals surface area contributed by atoms with Crippen molar-refractivity contribution in [3.05, 3.63) is 35.4 Å². The van der Waals surface area contributed by atoms with Crippen LogP contribution in [0.1, 0.15) is 18.1 Å². The third kappa shape index (κ3) is 4.59. The predicted molar refractivity (Wildman–Crippen MR) is 76.1 cm³/mol. The van der Waals surface area contributed by atoms with Crippen molar-refractivity contribution in [1.29, 1.82) is 0 Å². The molecule has 1 unspecified atom stereocenters. The Morgan fingerprint density at radius 1 is 1.50 bits per heavy atom. The predicted octanol–water partition coefficient (Wildman–Crippen LogP) is 0.516. The Bertz CT molecular complexity index is 450. The van der Waals surface area contributed by atoms with Gasteiger partial charge < -0.3 is 15.2 Å². The van der Waals surface area contributed by atoms with Crippen molar-refractivity contribution in [3.8, 4) is 0 Å². The molecule has 20 heavy (non-hydrogen) atoms. The molecule has 1 aromatic carbocycles. The van der Waals surface area contributed by atoms with Crippen molar-refractivity contribution in [2.45, 2.75) is 26.1 Å². The van der Waals surface area contributed by atoms with E-state index < -0.39 is 6.61 Å². The molecule has 2 rings (SSSR count). The second-order valence-corrected chi connectivity index (χ2v) is 5.17. The number of carbonyl (C=O) groups excluding carboxylic acids is 1. The number of morpholine rings is 1. The molecule has 1 fully saturated rings. The Morgan fingerprint density at radius 3 is 3.05 bits per heavy atom. The zero-order valence-corrected chi connectivity index (χ0v) is 11.8. The van der Waals surface area contributed by atoms with Gasteiger partial charge in [0.2, 0.25) is 5.91 Å². The van der Waals surface area contributed by atoms with Gasteiger partial charge >= 0.3 is 0 Å². The van der Waals surface area contributed by atoms with Gasteiger partial charge in [-0.3, -0.25) is 9.69 Å². The summed E-state index contributed by atoms with van der Waals surface area (Å²) in [7, 11) is 0. The van der Waals surface area contributed by atoms with Crippen LogP contribution in [0.15, 0.2) is 24.3 Å². The fourth-order valence-corrected chi connectivity index (χ4v) is 2.39. The Labute approximate surface area is 119 Å². The number of hydrogen-bond acceptors (Lipinski definition) is 4. The monoisotopic (exact) mass is 278 g/mol. The zero-order valence-electron chi connectivity index (χ0n) is 11.8. The van der Waals surface area contributed by atoms with Gasteiger partial charge in [0.15, 0.2) is 0 Å². The first-order valence-electron chi connectivity index (χ1n) is 6.96. The van der Waals surface area contributed by atoms with Gasteiger partial charge in [0, 0.05) is 26.2 Å². The molecule has 1 amide bonds. The quantitative estimate of drug-likeness (QED) is 0.824. The lowest BCUT2D eigenvalue weighted by atomic mass is 10.1. The summed E-state index contributed by atoms with van der Waals surface area (Å²) in [5.41, 5.74) is 2.28. The van der Waals surface area contributed by atoms with Crippen molar-refractivity contribution in [2.75, 3.05) is 26.3 Å². The summed E-state index contributed by atoms with van der Waals surface area (Å²) in [6.07, 6.45) is 0.288. The van der Waals surface area contributed by atoms with Crippen molar-refractivity contribution in [3.63, 3.8) is 0 Å². The van der Waals surface area contributed by atoms with Gasteiger partial charge in [0.05, 0.1) is 12.7 Å². The molecule has 1 heterocycles. The highest BCUT2D eigenvalue weighted by Crippen LogP contribution is 2.12. The van der Waals surface area contributed by atoms with Crippen LogP contribution >= 0.6 is 0 Å². The molecule has 1 aliphatic heterocycles. The Balaban J connectivity index is 1.90. The second kappa shape index (κ2) is 7.38. The number of carbonyl (C=O) groups is 1. The average molecular weight is 278 g/mol. The van der Waals surface area contributed by atoms with Crippen LogP contribution in [0.2, 0.25) is 0 Å². The molecule has 0 aromatic heterocycles. The number of benzene rings is 1. The number of amides is 1. The van der Waals surface area contributed by atoms with E-state index in [0.717, 1.165) is 31.8 Å². The van der Waals surface area contributed by atoms with Crippen LogP contribution in [0.3, 0.4) is 0 Å². The van der Waals surface area contributed by atoms with Gasteiger partial charge in [-0.05, 0) is 18.1 Å². The highest BCUT2D eigenvalue weighted by Gasteiger charge is 2.16. The number of rotatable bonds is 5. The lowest BCUT2D eigenvalue weighted by Crippen LogP contribution is -2.40. The van der Waals surface area contributed by atoms with Crippen molar-refractivity contribution in [1.82, 2.24) is 10.2 Å². The van der Waals surface area contributed by atoms with E-state index in [1.165, 1.54) is 5.56 Å². The Morgan fingerprint density at radius 2 is 2.30 bits per heavy atom. The maximum Gasteiger partial charge on any atom is 0.245 e. The molecule has 0 saturated carbocycles. The molecule has 0 bridgehead atoms. The van der Waals surface area contributed by atoms with E-state index in [1.54, 1.807) is 0 Å². The van der Waals surface area contributed by atoms with Crippen molar-refractivity contribution < 1.29 is 14.6 Å². The Kier molecular flexibility index (Phi) is 5.52. The van der Waals surface area contributed by atoms with E-state index in [1.807, 2.05) is 12.1 Å². The van der Waals surface area contributed by atoms with E-state index in [4.69, 9.17) is 9.84 Å². The zero-order chi connectivity index (χ0) is 14.4. The van der Waals surface area contributed by atoms with Crippen LogP contribution in [-0.4, -0.2) is 48.3 Å². The van der Waals surface area contributed by atoms with Crippen LogP contribution in [0.5, 0.6) is 0 Å². The second-order valence-electron chi connectivity index (χ2n) is 5.17. The van der Waals surface area contributed by atoms with Crippen LogP contribution in [0.25, 0.3) is 0 Å². The summed E-state index contributed by atoms with van der Waals surface area (Å²) in [5, 5.41) is 11.3. The first-order valence-corrected chi connectivity index (χ1v) is 6.96. The minimum absolute atomic E-state index is 0.288. The van der Waals surface area contributed by atoms with Crippen LogP contribution in [-0.2, 0) is 22.6 Å². The minimum atomic E-state index is -0.467. The molecule has 5 nitrogen and oxygen atoms in total. The third-order valence-corrected chi connectivity index (χ3v) is 3.36. The van der Waals surface area contributed by atoms with Gasteiger partial charge in [0.25, 0.3) is 0 Å². The maximum atomic E-state index is 11.0. The molecule has 5 heteroatoms. The van der Waals surface area contributed by atoms with Crippen LogP contribution < -0.4 is 5.32 Å². The van der Waals surface area contributed by atoms with Gasteiger partial charge in [-0.15, -0.1) is 0 Å². The van der Waals surface area contributed by atoms with E-state index in [0.29, 0.717) is 6.54 Å². The molecular formula is C15H22N2O3. The number of aliphatic hydroxyl groups is 1. The molecule has 1 aromatic rings. The summed E-state index contributed by atoms with van der Waals surface area (Å²) in [6.45, 7) is 5.66. The summed E-state index contributed by atoms with van der Waals surface area (Å²) >= 11 is 0. The molecule has 0 aliphatic carbocycles. The molecule has 0 spiro atoms. The SMILES string of the molecule is CC1CN(Cc2cccc(CNC(=O)CO)c2)CCO1. The average Bonchev–Trinajstić information content (AvgIpc) is 2.45. The number of hydrogen-bond donors (Lipinski definition) is 2. The van der Waals surface area contributed by atoms with Gasteiger partial charge in [-0.25, -0.2) is 0 Å². The lowest BCUT2D eigenvalue weighted by molar-refractivity contribution is -0.123. The van der Waals surface area contributed by atoms with Gasteiger partial charge in [-0.1, -0.05) is 24.3 Å². The van der Waals surface area contributed by atoms with Crippen LogP contribution in [0.4, 0.5) is 0 Å². The lowest BCUT2D eigenvalue weighted by Gasteiger charge is -2.31. The molecule has 0 radical (unpaired) electrons. The van der Waals surface area contributed by atoms with Crippen LogP contribution in [0, 0.1) is 0 Å². The van der Waals surface area contributed by atoms with E-state index in [9.17, 15) is 4.79 Å². The highest BCUT2D eigenvalue weighted by molar-refractivity contribution is 5.76. The number of ether oxygens (including phenoxy) is 1. The topological polar surface area (TPSA) is 61.8 Å². The first kappa shape index (κ1) is 15.0. The summed E-state index contributed by atoms with van der Waals surface area (Å²) < 4.78 is 5.53. The van der Waals surface area contributed by atoms with Gasteiger partial charge in [0.1, 0.15) is 6.61 Å². The number of nitrogens with zero attached hydrogens (tertiary/aromatic N) is 1. The largest absolute Gasteiger partial charge is 0.387 e. The number of nitrogens with one attached hydrogen (secondary N) is 1. The minimum Gasteiger partial charge on any atom is -0.387 e. The Hall–Kier alpha value is -1.43. The molecule has 110 valence electrons. The normalized spacial score (nSPS) is 19.8. The molecular weight excluding hydrogens is 256 g/mol. The fourth-order valence-electron chi connectivity index (χ4n) is 2.39. The smallest absolute Gasteiger partial charge is 0.245 e. The van der Waals surface area contributed by atoms with Crippen molar-refractivity contribution in [2.24, 2.45) is 0 Å². The summed E-state index contributed by atoms with van der Waals surface area (Å²) in [5.74, 6) is -0.350. The highest BCUT2D eigenvalue weighted by atomic mass is 16.5. The van der Waals surface area contributed by atoms with Gasteiger partial charge in [-0.2, -0.15) is 0 Å². The van der Waals surface area contributed by atoms with Crippen molar-refractivity contribution >= 4 is 5.91 Å². The standard InChI is InChI=1S/C15H22N2O3/c1-12-9-17(5-6-20-12)10-14-4-2-3-13(7-14)8-16-15(19)11-18/h2-4,7,12,18H,5-6,8-11H2,1H3,(H,16,19). The molecule has 1 aliphatic rings. The molecule has 1 saturated heterocycles. The fraction of sp³-hybridized carbons (Fsp3) is 0.533. The third-order valence-electron chi connectivity index (χ3n) is 3.36. The first-order chi connectivity index (χ1) is 9.67. The summed E-state index contributed by atoms with van der Waals surface area (Å²) in [4.78, 5) is 13.4. The maximum absolute atomic E-state index is 11.0. The number of aliphatic hydroxyl groups excluding tert-OH is 1. The summed E-state index contributed by atoms with van der Waals surface area (Å²) in [6, 6.07) is 8.16.